The van der Waals surface area contributed by atoms with Crippen molar-refractivity contribution in [2.45, 2.75) is 50.7 Å². The second-order valence-electron chi connectivity index (χ2n) is 10.1. The molecule has 2 saturated heterocycles. The van der Waals surface area contributed by atoms with Gasteiger partial charge in [-0.3, -0.25) is 14.5 Å². The number of hydrogen-bond donors (Lipinski definition) is 4. The standard InChI is InChI=1S/C26H32N4O4.C2HF3O2/c1-18-5-7-19(8-6-18)23(31)28-22-10-9-20(17-21(22)24(32)33)29-15-11-26(12-16-29,25(27)34)30-13-3-2-4-14-30;3-2(4,5)1(6)7/h5-10,17H,2-4,11-16H2,1H3,(H2,27,34)(H,28,31)(H,32,33);(H,6,7). The highest BCUT2D eigenvalue weighted by molar-refractivity contribution is 6.08. The van der Waals surface area contributed by atoms with E-state index in [1.165, 1.54) is 6.42 Å². The van der Waals surface area contributed by atoms with Gasteiger partial charge in [0.25, 0.3) is 5.91 Å². The van der Waals surface area contributed by atoms with Gasteiger partial charge in [-0.05, 0) is 76.0 Å². The highest BCUT2D eigenvalue weighted by Gasteiger charge is 2.45. The van der Waals surface area contributed by atoms with Gasteiger partial charge in [-0.25, -0.2) is 9.59 Å². The number of carbonyl (C=O) groups is 4. The minimum absolute atomic E-state index is 0.0285. The van der Waals surface area contributed by atoms with Gasteiger partial charge in [-0.1, -0.05) is 24.1 Å². The zero-order valence-electron chi connectivity index (χ0n) is 22.5. The summed E-state index contributed by atoms with van der Waals surface area (Å²) in [4.78, 5) is 50.3. The highest BCUT2D eigenvalue weighted by Crippen LogP contribution is 2.34. The third-order valence-corrected chi connectivity index (χ3v) is 7.41. The molecule has 2 aromatic rings. The third-order valence-electron chi connectivity index (χ3n) is 7.41. The number of likely N-dealkylation sites (tertiary alicyclic amines) is 1. The van der Waals surface area contributed by atoms with Crippen LogP contribution in [0.25, 0.3) is 0 Å². The first-order chi connectivity index (χ1) is 19.2. The molecule has 5 N–H and O–H groups in total. The van der Waals surface area contributed by atoms with Gasteiger partial charge in [0.1, 0.15) is 5.54 Å². The summed E-state index contributed by atoms with van der Waals surface area (Å²) in [6.45, 7) is 4.92. The van der Waals surface area contributed by atoms with E-state index in [1.54, 1.807) is 24.3 Å². The van der Waals surface area contributed by atoms with Crippen LogP contribution < -0.4 is 16.0 Å². The number of piperidine rings is 2. The van der Waals surface area contributed by atoms with Gasteiger partial charge >= 0.3 is 18.1 Å². The molecule has 10 nitrogen and oxygen atoms in total. The van der Waals surface area contributed by atoms with Crippen LogP contribution in [-0.4, -0.2) is 76.8 Å². The lowest BCUT2D eigenvalue weighted by molar-refractivity contribution is -0.192. The van der Waals surface area contributed by atoms with E-state index in [9.17, 15) is 32.7 Å². The Balaban J connectivity index is 0.000000587. The first-order valence-electron chi connectivity index (χ1n) is 13.1. The van der Waals surface area contributed by atoms with E-state index in [2.05, 4.69) is 15.1 Å². The summed E-state index contributed by atoms with van der Waals surface area (Å²) in [5.41, 5.74) is 7.78. The number of rotatable bonds is 6. The summed E-state index contributed by atoms with van der Waals surface area (Å²) in [7, 11) is 0. The lowest BCUT2D eigenvalue weighted by atomic mass is 9.83. The van der Waals surface area contributed by atoms with E-state index in [-0.39, 0.29) is 23.1 Å². The minimum Gasteiger partial charge on any atom is -0.478 e. The Morgan fingerprint density at radius 2 is 1.46 bits per heavy atom. The Morgan fingerprint density at radius 1 is 0.902 bits per heavy atom. The molecule has 2 aromatic carbocycles. The Kier molecular flexibility index (Phi) is 9.97. The van der Waals surface area contributed by atoms with Crippen molar-refractivity contribution in [1.82, 2.24) is 4.90 Å². The first kappa shape index (κ1) is 31.4. The van der Waals surface area contributed by atoms with Crippen molar-refractivity contribution in [2.24, 2.45) is 5.73 Å². The summed E-state index contributed by atoms with van der Waals surface area (Å²) >= 11 is 0. The maximum absolute atomic E-state index is 12.6. The van der Waals surface area contributed by atoms with Crippen LogP contribution in [0.5, 0.6) is 0 Å². The number of nitrogens with one attached hydrogen (secondary N) is 1. The summed E-state index contributed by atoms with van der Waals surface area (Å²) in [6.07, 6.45) is -0.525. The quantitative estimate of drug-likeness (QED) is 0.403. The van der Waals surface area contributed by atoms with E-state index in [1.807, 2.05) is 25.1 Å². The van der Waals surface area contributed by atoms with Gasteiger partial charge in [-0.15, -0.1) is 0 Å². The fourth-order valence-electron chi connectivity index (χ4n) is 5.09. The number of nitrogens with two attached hydrogens (primary N) is 1. The normalized spacial score (nSPS) is 17.1. The fourth-order valence-corrected chi connectivity index (χ4v) is 5.09. The molecule has 222 valence electrons. The maximum Gasteiger partial charge on any atom is 0.490 e. The van der Waals surface area contributed by atoms with E-state index in [4.69, 9.17) is 15.6 Å². The number of aryl methyl sites for hydroxylation is 1. The molecule has 2 heterocycles. The number of aromatic carboxylic acids is 1. The summed E-state index contributed by atoms with van der Waals surface area (Å²) in [5, 5.41) is 19.6. The number of carboxylic acid groups (broad SMARTS) is 2. The number of aliphatic carboxylic acids is 1. The van der Waals surface area contributed by atoms with Gasteiger partial charge in [0.15, 0.2) is 0 Å². The number of alkyl halides is 3. The number of anilines is 2. The van der Waals surface area contributed by atoms with E-state index in [0.717, 1.165) is 37.2 Å². The van der Waals surface area contributed by atoms with Crippen molar-refractivity contribution < 1.29 is 42.6 Å². The zero-order chi connectivity index (χ0) is 30.4. The number of nitrogens with zero attached hydrogens (tertiary/aromatic N) is 2. The Labute approximate surface area is 234 Å². The number of halogens is 3. The Bertz CT molecular complexity index is 1270. The average molecular weight is 579 g/mol. The second-order valence-corrected chi connectivity index (χ2v) is 10.1. The Hall–Kier alpha value is -4.13. The lowest BCUT2D eigenvalue weighted by Crippen LogP contribution is -2.63. The van der Waals surface area contributed by atoms with Crippen LogP contribution in [0.2, 0.25) is 0 Å². The van der Waals surface area contributed by atoms with Gasteiger partial charge < -0.3 is 26.2 Å². The minimum atomic E-state index is -5.08. The van der Waals surface area contributed by atoms with Crippen molar-refractivity contribution in [3.8, 4) is 0 Å². The molecule has 2 aliphatic rings. The molecule has 0 aliphatic carbocycles. The summed E-state index contributed by atoms with van der Waals surface area (Å²) < 4.78 is 31.7. The fraction of sp³-hybridized carbons (Fsp3) is 0.429. The zero-order valence-corrected chi connectivity index (χ0v) is 22.5. The molecule has 0 atom stereocenters. The first-order valence-corrected chi connectivity index (χ1v) is 13.1. The van der Waals surface area contributed by atoms with Crippen molar-refractivity contribution in [3.05, 3.63) is 59.2 Å². The van der Waals surface area contributed by atoms with Crippen molar-refractivity contribution in [3.63, 3.8) is 0 Å². The number of carbonyl (C=O) groups excluding carboxylic acids is 2. The molecule has 0 radical (unpaired) electrons. The number of hydrogen-bond acceptors (Lipinski definition) is 6. The predicted octanol–water partition coefficient (Wildman–Crippen LogP) is 3.89. The van der Waals surface area contributed by atoms with E-state index >= 15 is 0 Å². The van der Waals surface area contributed by atoms with Crippen LogP contribution >= 0.6 is 0 Å². The summed E-state index contributed by atoms with van der Waals surface area (Å²) in [5.74, 6) is -4.50. The van der Waals surface area contributed by atoms with Crippen molar-refractivity contribution in [2.75, 3.05) is 36.4 Å². The molecule has 0 unspecified atom stereocenters. The molecular weight excluding hydrogens is 545 g/mol. The van der Waals surface area contributed by atoms with E-state index in [0.29, 0.717) is 31.5 Å². The van der Waals surface area contributed by atoms with Crippen LogP contribution in [0.4, 0.5) is 24.5 Å². The molecule has 13 heteroatoms. The molecule has 2 aliphatic heterocycles. The topological polar surface area (TPSA) is 153 Å². The number of carboxylic acids is 2. The van der Waals surface area contributed by atoms with Crippen LogP contribution in [0.3, 0.4) is 0 Å². The predicted molar refractivity (Wildman–Crippen MR) is 145 cm³/mol. The molecule has 0 spiro atoms. The SMILES string of the molecule is Cc1ccc(C(=O)Nc2ccc(N3CCC(C(N)=O)(N4CCCCC4)CC3)cc2C(=O)O)cc1.O=C(O)C(F)(F)F. The third kappa shape index (κ3) is 7.75. The van der Waals surface area contributed by atoms with Crippen LogP contribution in [0, 0.1) is 6.92 Å². The van der Waals surface area contributed by atoms with Crippen molar-refractivity contribution >= 4 is 35.1 Å². The monoisotopic (exact) mass is 578 g/mol. The van der Waals surface area contributed by atoms with Gasteiger partial charge in [0, 0.05) is 24.3 Å². The molecule has 2 amide bonds. The number of amides is 2. The van der Waals surface area contributed by atoms with E-state index < -0.39 is 23.7 Å². The average Bonchev–Trinajstić information content (AvgIpc) is 2.93. The molecule has 0 bridgehead atoms. The van der Waals surface area contributed by atoms with Crippen LogP contribution in [0.1, 0.15) is 58.4 Å². The Morgan fingerprint density at radius 3 is 1.95 bits per heavy atom. The van der Waals surface area contributed by atoms with Gasteiger partial charge in [0.05, 0.1) is 11.3 Å². The largest absolute Gasteiger partial charge is 0.490 e. The molecule has 0 saturated carbocycles. The van der Waals surface area contributed by atoms with Gasteiger partial charge in [0.2, 0.25) is 5.91 Å². The molecular formula is C28H33F3N4O6. The summed E-state index contributed by atoms with van der Waals surface area (Å²) in [6, 6.07) is 12.1. The molecule has 4 rings (SSSR count). The van der Waals surface area contributed by atoms with Crippen LogP contribution in [-0.2, 0) is 9.59 Å². The van der Waals surface area contributed by atoms with Crippen LogP contribution in [0.15, 0.2) is 42.5 Å². The smallest absolute Gasteiger partial charge is 0.478 e. The molecule has 2 fully saturated rings. The maximum atomic E-state index is 12.6. The second kappa shape index (κ2) is 13.0. The van der Waals surface area contributed by atoms with Crippen molar-refractivity contribution in [1.29, 1.82) is 0 Å². The highest BCUT2D eigenvalue weighted by atomic mass is 19.4. The lowest BCUT2D eigenvalue weighted by Gasteiger charge is -2.48. The van der Waals surface area contributed by atoms with Gasteiger partial charge in [-0.2, -0.15) is 13.2 Å². The number of primary amides is 1. The number of benzene rings is 2. The molecule has 41 heavy (non-hydrogen) atoms. The molecule has 0 aromatic heterocycles.